The second-order valence-corrected chi connectivity index (χ2v) is 8.97. The summed E-state index contributed by atoms with van der Waals surface area (Å²) in [5.74, 6) is 1.15. The monoisotopic (exact) mass is 444 g/mol. The van der Waals surface area contributed by atoms with Crippen LogP contribution in [0.3, 0.4) is 0 Å². The highest BCUT2D eigenvalue weighted by Crippen LogP contribution is 2.39. The molecule has 0 radical (unpaired) electrons. The van der Waals surface area contributed by atoms with E-state index < -0.39 is 11.7 Å². The van der Waals surface area contributed by atoms with Gasteiger partial charge in [-0.3, -0.25) is 4.90 Å². The summed E-state index contributed by atoms with van der Waals surface area (Å²) < 4.78 is 29.8. The van der Waals surface area contributed by atoms with Crippen molar-refractivity contribution >= 4 is 6.09 Å². The number of benzene rings is 2. The summed E-state index contributed by atoms with van der Waals surface area (Å²) >= 11 is 0. The molecule has 0 fully saturated rings. The number of alkyl carbamates (subject to hydrolysis) is 1. The highest BCUT2D eigenvalue weighted by atomic mass is 19.1. The number of amides is 1. The van der Waals surface area contributed by atoms with Crippen LogP contribution in [0.25, 0.3) is 0 Å². The normalized spacial score (nSPS) is 16.2. The smallest absolute Gasteiger partial charge is 0.407 e. The molecule has 0 aliphatic carbocycles. The predicted octanol–water partition coefficient (Wildman–Crippen LogP) is 4.51. The second kappa shape index (κ2) is 10.2. The second-order valence-electron chi connectivity index (χ2n) is 8.97. The van der Waals surface area contributed by atoms with Gasteiger partial charge in [0.25, 0.3) is 0 Å². The quantitative estimate of drug-likeness (QED) is 0.681. The molecular formula is C25H33FN2O4. The third-order valence-electron chi connectivity index (χ3n) is 5.52. The molecule has 0 aromatic heterocycles. The number of nitrogens with zero attached hydrogens (tertiary/aromatic N) is 1. The molecule has 174 valence electrons. The lowest BCUT2D eigenvalue weighted by atomic mass is 9.88. The molecule has 3 rings (SSSR count). The Hall–Kier alpha value is -2.80. The van der Waals surface area contributed by atoms with E-state index in [1.165, 1.54) is 17.7 Å². The van der Waals surface area contributed by atoms with Gasteiger partial charge in [0.05, 0.1) is 14.2 Å². The summed E-state index contributed by atoms with van der Waals surface area (Å²) in [6.07, 6.45) is 1.16. The van der Waals surface area contributed by atoms with Crippen LogP contribution in [0.4, 0.5) is 9.18 Å². The lowest BCUT2D eigenvalue weighted by molar-refractivity contribution is 0.0517. The molecule has 0 saturated carbocycles. The molecule has 1 unspecified atom stereocenters. The van der Waals surface area contributed by atoms with Gasteiger partial charge in [-0.05, 0) is 74.6 Å². The number of hydrogen-bond acceptors (Lipinski definition) is 5. The Bertz CT molecular complexity index is 925. The number of nitrogens with one attached hydrogen (secondary N) is 1. The molecule has 32 heavy (non-hydrogen) atoms. The molecule has 0 spiro atoms. The van der Waals surface area contributed by atoms with Crippen LogP contribution in [0.1, 0.15) is 43.5 Å². The van der Waals surface area contributed by atoms with E-state index in [0.29, 0.717) is 24.6 Å². The van der Waals surface area contributed by atoms with Crippen LogP contribution in [0.2, 0.25) is 0 Å². The zero-order chi connectivity index (χ0) is 23.3. The zero-order valence-corrected chi connectivity index (χ0v) is 19.5. The molecule has 2 aromatic carbocycles. The lowest BCUT2D eigenvalue weighted by Crippen LogP contribution is -2.42. The van der Waals surface area contributed by atoms with Crippen molar-refractivity contribution in [2.45, 2.75) is 45.3 Å². The Morgan fingerprint density at radius 3 is 2.41 bits per heavy atom. The molecule has 0 saturated heterocycles. The highest BCUT2D eigenvalue weighted by molar-refractivity contribution is 5.67. The number of carbonyl (C=O) groups is 1. The summed E-state index contributed by atoms with van der Waals surface area (Å²) in [5.41, 5.74) is 2.89. The molecule has 2 aromatic rings. The summed E-state index contributed by atoms with van der Waals surface area (Å²) in [7, 11) is 3.27. The largest absolute Gasteiger partial charge is 0.493 e. The molecule has 0 bridgehead atoms. The maximum atomic E-state index is 13.4. The van der Waals surface area contributed by atoms with Gasteiger partial charge in [-0.1, -0.05) is 12.1 Å². The van der Waals surface area contributed by atoms with Crippen molar-refractivity contribution in [3.8, 4) is 11.5 Å². The summed E-state index contributed by atoms with van der Waals surface area (Å²) in [6, 6.07) is 10.8. The first kappa shape index (κ1) is 23.9. The van der Waals surface area contributed by atoms with Gasteiger partial charge in [-0.2, -0.15) is 0 Å². The summed E-state index contributed by atoms with van der Waals surface area (Å²) in [6.45, 7) is 7.50. The first-order valence-electron chi connectivity index (χ1n) is 10.9. The fourth-order valence-electron chi connectivity index (χ4n) is 4.05. The molecule has 6 nitrogen and oxygen atoms in total. The first-order valence-corrected chi connectivity index (χ1v) is 10.9. The Morgan fingerprint density at radius 1 is 1.12 bits per heavy atom. The molecular weight excluding hydrogens is 411 g/mol. The number of halogens is 1. The van der Waals surface area contributed by atoms with Crippen LogP contribution in [0.5, 0.6) is 11.5 Å². The predicted molar refractivity (Wildman–Crippen MR) is 122 cm³/mol. The molecule has 1 atom stereocenters. The Morgan fingerprint density at radius 2 is 1.78 bits per heavy atom. The maximum absolute atomic E-state index is 13.4. The van der Waals surface area contributed by atoms with Gasteiger partial charge >= 0.3 is 6.09 Å². The molecule has 1 heterocycles. The Kier molecular flexibility index (Phi) is 7.61. The number of carbonyl (C=O) groups excluding carboxylic acids is 1. The van der Waals surface area contributed by atoms with Gasteiger partial charge in [-0.25, -0.2) is 9.18 Å². The Labute approximate surface area is 189 Å². The van der Waals surface area contributed by atoms with Crippen molar-refractivity contribution in [2.24, 2.45) is 0 Å². The lowest BCUT2D eigenvalue weighted by Gasteiger charge is -2.38. The zero-order valence-electron chi connectivity index (χ0n) is 19.5. The minimum Gasteiger partial charge on any atom is -0.493 e. The maximum Gasteiger partial charge on any atom is 0.407 e. The molecule has 1 aliphatic heterocycles. The summed E-state index contributed by atoms with van der Waals surface area (Å²) in [4.78, 5) is 14.4. The SMILES string of the molecule is COc1cc2c(cc1OC)C(Cc1ccc(F)cc1)N(CCNC(=O)OC(C)(C)C)CC2. The molecule has 1 amide bonds. The van der Waals surface area contributed by atoms with Gasteiger partial charge in [0.2, 0.25) is 0 Å². The van der Waals surface area contributed by atoms with Gasteiger partial charge in [-0.15, -0.1) is 0 Å². The average molecular weight is 445 g/mol. The van der Waals surface area contributed by atoms with Crippen LogP contribution in [-0.2, 0) is 17.6 Å². The number of rotatable bonds is 7. The van der Waals surface area contributed by atoms with E-state index in [2.05, 4.69) is 10.2 Å². The standard InChI is InChI=1S/C25H33FN2O4/c1-25(2,3)32-24(29)27-11-13-28-12-10-18-15-22(30-4)23(31-5)16-20(18)21(28)14-17-6-8-19(26)9-7-17/h6-9,15-16,21H,10-14H2,1-5H3,(H,27,29). The van der Waals surface area contributed by atoms with E-state index in [4.69, 9.17) is 14.2 Å². The van der Waals surface area contributed by atoms with Crippen molar-refractivity contribution in [1.82, 2.24) is 10.2 Å². The highest BCUT2D eigenvalue weighted by Gasteiger charge is 2.29. The minimum absolute atomic E-state index is 0.0597. The van der Waals surface area contributed by atoms with Crippen LogP contribution in [-0.4, -0.2) is 50.4 Å². The molecule has 1 aliphatic rings. The topological polar surface area (TPSA) is 60.0 Å². The van der Waals surface area contributed by atoms with Crippen LogP contribution in [0, 0.1) is 5.82 Å². The average Bonchev–Trinajstić information content (AvgIpc) is 2.74. The van der Waals surface area contributed by atoms with Crippen LogP contribution in [0.15, 0.2) is 36.4 Å². The van der Waals surface area contributed by atoms with E-state index in [-0.39, 0.29) is 11.9 Å². The summed E-state index contributed by atoms with van der Waals surface area (Å²) in [5, 5.41) is 2.85. The van der Waals surface area contributed by atoms with Crippen molar-refractivity contribution in [2.75, 3.05) is 33.9 Å². The van der Waals surface area contributed by atoms with Gasteiger partial charge in [0.15, 0.2) is 11.5 Å². The van der Waals surface area contributed by atoms with Crippen molar-refractivity contribution in [3.63, 3.8) is 0 Å². The van der Waals surface area contributed by atoms with Crippen LogP contribution < -0.4 is 14.8 Å². The molecule has 7 heteroatoms. The first-order chi connectivity index (χ1) is 15.2. The molecule has 1 N–H and O–H groups in total. The van der Waals surface area contributed by atoms with Gasteiger partial charge in [0, 0.05) is 25.7 Å². The van der Waals surface area contributed by atoms with E-state index in [1.807, 2.05) is 45.0 Å². The number of methoxy groups -OCH3 is 2. The minimum atomic E-state index is -0.533. The van der Waals surface area contributed by atoms with E-state index in [1.54, 1.807) is 14.2 Å². The fourth-order valence-corrected chi connectivity index (χ4v) is 4.05. The Balaban J connectivity index is 1.81. The third kappa shape index (κ3) is 6.13. The van der Waals surface area contributed by atoms with Gasteiger partial charge in [0.1, 0.15) is 11.4 Å². The van der Waals surface area contributed by atoms with E-state index in [9.17, 15) is 9.18 Å². The number of hydrogen-bond donors (Lipinski definition) is 1. The van der Waals surface area contributed by atoms with Crippen molar-refractivity contribution in [3.05, 3.63) is 58.9 Å². The van der Waals surface area contributed by atoms with E-state index in [0.717, 1.165) is 30.5 Å². The van der Waals surface area contributed by atoms with E-state index >= 15 is 0 Å². The number of ether oxygens (including phenoxy) is 3. The van der Waals surface area contributed by atoms with Crippen molar-refractivity contribution in [1.29, 1.82) is 0 Å². The third-order valence-corrected chi connectivity index (χ3v) is 5.52. The van der Waals surface area contributed by atoms with Gasteiger partial charge < -0.3 is 19.5 Å². The number of fused-ring (bicyclic) bond motifs is 1. The van der Waals surface area contributed by atoms with Crippen LogP contribution >= 0.6 is 0 Å². The van der Waals surface area contributed by atoms with Crippen molar-refractivity contribution < 1.29 is 23.4 Å². The fraction of sp³-hybridized carbons (Fsp3) is 0.480.